The van der Waals surface area contributed by atoms with Crippen LogP contribution < -0.4 is 5.32 Å². The zero-order valence-corrected chi connectivity index (χ0v) is 19.0. The fraction of sp³-hybridized carbons (Fsp3) is 0.154. The van der Waals surface area contributed by atoms with Gasteiger partial charge in [-0.05, 0) is 47.9 Å². The smallest absolute Gasteiger partial charge is 0.255 e. The van der Waals surface area contributed by atoms with Crippen molar-refractivity contribution in [2.45, 2.75) is 6.42 Å². The monoisotopic (exact) mass is 463 g/mol. The second kappa shape index (κ2) is 10.6. The Morgan fingerprint density at radius 1 is 1.09 bits per heavy atom. The maximum atomic E-state index is 12.7. The van der Waals surface area contributed by atoms with Gasteiger partial charge < -0.3 is 5.32 Å². The minimum absolute atomic E-state index is 0.234. The van der Waals surface area contributed by atoms with Crippen molar-refractivity contribution in [2.24, 2.45) is 0 Å². The lowest BCUT2D eigenvalue weighted by Gasteiger charge is -2.26. The van der Waals surface area contributed by atoms with Crippen molar-refractivity contribution in [3.05, 3.63) is 106 Å². The van der Waals surface area contributed by atoms with Gasteiger partial charge in [0.05, 0.1) is 0 Å². The van der Waals surface area contributed by atoms with Gasteiger partial charge in [-0.15, -0.1) is 0 Å². The number of aromatic nitrogens is 1. The number of carbonyl (C=O) groups is 1. The summed E-state index contributed by atoms with van der Waals surface area (Å²) in [5.41, 5.74) is 4.52. The molecule has 32 heavy (non-hydrogen) atoms. The average molecular weight is 464 g/mol. The van der Waals surface area contributed by atoms with Crippen molar-refractivity contribution in [3.8, 4) is 0 Å². The van der Waals surface area contributed by atoms with Crippen molar-refractivity contribution in [1.82, 2.24) is 9.88 Å². The van der Waals surface area contributed by atoms with Gasteiger partial charge in [-0.1, -0.05) is 71.8 Å². The van der Waals surface area contributed by atoms with Gasteiger partial charge in [0.15, 0.2) is 0 Å². The highest BCUT2D eigenvalue weighted by Crippen LogP contribution is 2.31. The van der Waals surface area contributed by atoms with Crippen LogP contribution in [-0.4, -0.2) is 35.4 Å². The summed E-state index contributed by atoms with van der Waals surface area (Å²) in [4.78, 5) is 19.0. The first kappa shape index (κ1) is 22.3. The highest BCUT2D eigenvalue weighted by Gasteiger charge is 2.17. The molecular weight excluding hydrogens is 441 g/mol. The molecule has 0 fully saturated rings. The summed E-state index contributed by atoms with van der Waals surface area (Å²) >= 11 is 12.2. The minimum atomic E-state index is -0.234. The molecule has 3 aromatic rings. The number of hydrogen-bond acceptors (Lipinski definition) is 3. The van der Waals surface area contributed by atoms with Crippen molar-refractivity contribution in [1.29, 1.82) is 0 Å². The average Bonchev–Trinajstić information content (AvgIpc) is 2.81. The van der Waals surface area contributed by atoms with Crippen LogP contribution in [0.1, 0.15) is 27.9 Å². The van der Waals surface area contributed by atoms with Gasteiger partial charge in [-0.3, -0.25) is 9.69 Å². The van der Waals surface area contributed by atoms with Crippen molar-refractivity contribution >= 4 is 46.4 Å². The molecule has 0 bridgehead atoms. The molecule has 4 nitrogen and oxygen atoms in total. The van der Waals surface area contributed by atoms with Crippen molar-refractivity contribution in [2.75, 3.05) is 25.0 Å². The molecule has 4 rings (SSSR count). The van der Waals surface area contributed by atoms with Crippen molar-refractivity contribution < 1.29 is 4.79 Å². The molecule has 0 aliphatic carbocycles. The number of halogens is 2. The fourth-order valence-electron chi connectivity index (χ4n) is 3.65. The normalized spacial score (nSPS) is 14.4. The van der Waals surface area contributed by atoms with Gasteiger partial charge in [-0.2, -0.15) is 0 Å². The Morgan fingerprint density at radius 2 is 1.94 bits per heavy atom. The SMILES string of the molecule is O=C(Nc1ccc(Cl)cc1C1=CCN(CC=Cc2ccccc2)CC1)c1ccnc(Cl)c1. The van der Waals surface area contributed by atoms with E-state index in [0.29, 0.717) is 10.6 Å². The molecule has 2 heterocycles. The third-order valence-corrected chi connectivity index (χ3v) is 5.77. The van der Waals surface area contributed by atoms with E-state index in [1.54, 1.807) is 18.2 Å². The fourth-order valence-corrected chi connectivity index (χ4v) is 4.00. The lowest BCUT2D eigenvalue weighted by atomic mass is 9.97. The Morgan fingerprint density at radius 3 is 2.69 bits per heavy atom. The molecule has 0 radical (unpaired) electrons. The van der Waals surface area contributed by atoms with Crippen molar-refractivity contribution in [3.63, 3.8) is 0 Å². The molecule has 0 saturated carbocycles. The predicted molar refractivity (Wildman–Crippen MR) is 133 cm³/mol. The summed E-state index contributed by atoms with van der Waals surface area (Å²) in [6.45, 7) is 2.67. The van der Waals surface area contributed by atoms with Crippen LogP contribution in [0, 0.1) is 0 Å². The molecule has 6 heteroatoms. The molecule has 0 atom stereocenters. The Hall–Kier alpha value is -2.92. The van der Waals surface area contributed by atoms with E-state index < -0.39 is 0 Å². The maximum Gasteiger partial charge on any atom is 0.255 e. The van der Waals surface area contributed by atoms with Gasteiger partial charge >= 0.3 is 0 Å². The highest BCUT2D eigenvalue weighted by atomic mass is 35.5. The van der Waals surface area contributed by atoms with Crippen LogP contribution in [0.3, 0.4) is 0 Å². The molecule has 1 aromatic heterocycles. The topological polar surface area (TPSA) is 45.2 Å². The van der Waals surface area contributed by atoms with Gasteiger partial charge in [0, 0.05) is 47.7 Å². The van der Waals surface area contributed by atoms with E-state index in [1.165, 1.54) is 17.3 Å². The molecule has 0 saturated heterocycles. The molecule has 1 aliphatic rings. The molecule has 162 valence electrons. The van der Waals surface area contributed by atoms with Gasteiger partial charge in [0.2, 0.25) is 0 Å². The quantitative estimate of drug-likeness (QED) is 0.427. The number of amides is 1. The van der Waals surface area contributed by atoms with E-state index in [-0.39, 0.29) is 11.1 Å². The van der Waals surface area contributed by atoms with Crippen LogP contribution in [0.25, 0.3) is 11.6 Å². The molecular formula is C26H23Cl2N3O. The first-order chi connectivity index (χ1) is 15.6. The third-order valence-electron chi connectivity index (χ3n) is 5.33. The Balaban J connectivity index is 1.45. The number of benzene rings is 2. The van der Waals surface area contributed by atoms with E-state index in [9.17, 15) is 4.79 Å². The van der Waals surface area contributed by atoms with Gasteiger partial charge in [0.25, 0.3) is 5.91 Å². The van der Waals surface area contributed by atoms with Crippen LogP contribution in [0.4, 0.5) is 5.69 Å². The van der Waals surface area contributed by atoms with E-state index in [2.05, 4.69) is 45.6 Å². The zero-order valence-electron chi connectivity index (χ0n) is 17.5. The first-order valence-corrected chi connectivity index (χ1v) is 11.2. The lowest BCUT2D eigenvalue weighted by Crippen LogP contribution is -2.28. The highest BCUT2D eigenvalue weighted by molar-refractivity contribution is 6.31. The Kier molecular flexibility index (Phi) is 7.38. The molecule has 0 unspecified atom stereocenters. The zero-order chi connectivity index (χ0) is 22.3. The first-order valence-electron chi connectivity index (χ1n) is 10.4. The molecule has 0 spiro atoms. The van der Waals surface area contributed by atoms with Gasteiger partial charge in [0.1, 0.15) is 5.15 Å². The van der Waals surface area contributed by atoms with Crippen LogP contribution in [0.2, 0.25) is 10.2 Å². The van der Waals surface area contributed by atoms with Crippen LogP contribution in [0.15, 0.2) is 79.0 Å². The molecule has 2 aromatic carbocycles. The summed E-state index contributed by atoms with van der Waals surface area (Å²) in [5, 5.41) is 3.91. The van der Waals surface area contributed by atoms with Gasteiger partial charge in [-0.25, -0.2) is 4.98 Å². The molecule has 1 amide bonds. The summed E-state index contributed by atoms with van der Waals surface area (Å²) < 4.78 is 0. The summed E-state index contributed by atoms with van der Waals surface area (Å²) in [6, 6.07) is 19.0. The predicted octanol–water partition coefficient (Wildman–Crippen LogP) is 6.44. The maximum absolute atomic E-state index is 12.7. The Labute approximate surface area is 198 Å². The van der Waals surface area contributed by atoms with E-state index >= 15 is 0 Å². The second-order valence-corrected chi connectivity index (χ2v) is 8.39. The summed E-state index contributed by atoms with van der Waals surface area (Å²) in [7, 11) is 0. The van der Waals surface area contributed by atoms with Crippen LogP contribution >= 0.6 is 23.2 Å². The largest absolute Gasteiger partial charge is 0.321 e. The standard InChI is InChI=1S/C26H23Cl2N3O/c27-22-8-9-24(30-26(32)21-10-13-29-25(28)17-21)23(18-22)20-11-15-31(16-12-20)14-4-7-19-5-2-1-3-6-19/h1-11,13,17-18H,12,14-16H2,(H,30,32). The number of carbonyl (C=O) groups excluding carboxylic acids is 1. The van der Waals surface area contributed by atoms with E-state index in [0.717, 1.165) is 37.3 Å². The van der Waals surface area contributed by atoms with E-state index in [1.807, 2.05) is 30.3 Å². The molecule has 1 aliphatic heterocycles. The lowest BCUT2D eigenvalue weighted by molar-refractivity contribution is 0.102. The third kappa shape index (κ3) is 5.86. The Bertz CT molecular complexity index is 1160. The van der Waals surface area contributed by atoms with Crippen LogP contribution in [-0.2, 0) is 0 Å². The summed E-state index contributed by atoms with van der Waals surface area (Å²) in [5.74, 6) is -0.234. The number of hydrogen-bond donors (Lipinski definition) is 1. The summed E-state index contributed by atoms with van der Waals surface area (Å²) in [6.07, 6.45) is 8.95. The molecule has 1 N–H and O–H groups in total. The number of nitrogens with zero attached hydrogens (tertiary/aromatic N) is 2. The van der Waals surface area contributed by atoms with E-state index in [4.69, 9.17) is 23.2 Å². The van der Waals surface area contributed by atoms with Crippen LogP contribution in [0.5, 0.6) is 0 Å². The number of rotatable bonds is 6. The number of pyridine rings is 1. The number of anilines is 1. The second-order valence-electron chi connectivity index (χ2n) is 7.56. The minimum Gasteiger partial charge on any atom is -0.321 e. The number of nitrogens with one attached hydrogen (secondary N) is 1.